The smallest absolute Gasteiger partial charge is 0.341 e. The van der Waals surface area contributed by atoms with E-state index >= 15 is 0 Å². The van der Waals surface area contributed by atoms with Gasteiger partial charge in [-0.25, -0.2) is 9.97 Å². The average molecular weight is 402 g/mol. The molecule has 1 amide bonds. The fourth-order valence-electron chi connectivity index (χ4n) is 2.02. The van der Waals surface area contributed by atoms with Gasteiger partial charge in [-0.1, -0.05) is 24.1 Å². The van der Waals surface area contributed by atoms with E-state index in [1.807, 2.05) is 17.5 Å². The Kier molecular flexibility index (Phi) is 5.62. The van der Waals surface area contributed by atoms with Crippen LogP contribution in [-0.4, -0.2) is 27.3 Å². The molecule has 0 fully saturated rings. The van der Waals surface area contributed by atoms with Gasteiger partial charge in [0.2, 0.25) is 0 Å². The van der Waals surface area contributed by atoms with Crippen molar-refractivity contribution < 1.29 is 9.72 Å². The summed E-state index contributed by atoms with van der Waals surface area (Å²) in [6.45, 7) is 0.147. The maximum Gasteiger partial charge on any atom is 0.344 e. The zero-order chi connectivity index (χ0) is 18.5. The first kappa shape index (κ1) is 18.1. The van der Waals surface area contributed by atoms with Crippen LogP contribution in [0, 0.1) is 22.5 Å². The summed E-state index contributed by atoms with van der Waals surface area (Å²) in [7, 11) is 0. The number of hydrogen-bond acceptors (Lipinski definition) is 8. The number of carbonyl (C=O) groups is 1. The summed E-state index contributed by atoms with van der Waals surface area (Å²) in [5.74, 6) is 2.10. The molecular weight excluding hydrogens is 392 g/mol. The first-order chi connectivity index (χ1) is 12.6. The van der Waals surface area contributed by atoms with E-state index in [0.717, 1.165) is 11.3 Å². The molecule has 0 saturated carbocycles. The van der Waals surface area contributed by atoms with E-state index in [1.165, 1.54) is 29.3 Å². The first-order valence-electron chi connectivity index (χ1n) is 7.13. The van der Waals surface area contributed by atoms with Crippen molar-refractivity contribution in [2.24, 2.45) is 0 Å². The van der Waals surface area contributed by atoms with Crippen LogP contribution in [0.5, 0.6) is 0 Å². The van der Waals surface area contributed by atoms with Crippen LogP contribution in [0.15, 0.2) is 44.5 Å². The molecule has 130 valence electrons. The van der Waals surface area contributed by atoms with Crippen molar-refractivity contribution in [3.63, 3.8) is 0 Å². The predicted octanol–water partition coefficient (Wildman–Crippen LogP) is 3.69. The minimum absolute atomic E-state index is 0.0141. The summed E-state index contributed by atoms with van der Waals surface area (Å²) in [4.78, 5) is 31.0. The van der Waals surface area contributed by atoms with Crippen LogP contribution >= 0.6 is 34.4 Å². The molecule has 3 aromatic rings. The number of nitrogens with zero attached hydrogens (tertiary/aromatic N) is 3. The SMILES string of the molecule is C#CCNC(=O)c1ccccc1-c1csc(Sc2ncc([N+](=O)[O-])s2)n1. The summed E-state index contributed by atoms with van der Waals surface area (Å²) in [5.41, 5.74) is 1.82. The van der Waals surface area contributed by atoms with Gasteiger partial charge in [0.15, 0.2) is 8.68 Å². The Morgan fingerprint density at radius 1 is 1.38 bits per heavy atom. The number of benzene rings is 1. The summed E-state index contributed by atoms with van der Waals surface area (Å²) >= 11 is 3.63. The van der Waals surface area contributed by atoms with Gasteiger partial charge >= 0.3 is 5.00 Å². The molecule has 10 heteroatoms. The highest BCUT2D eigenvalue weighted by Crippen LogP contribution is 2.37. The van der Waals surface area contributed by atoms with Crippen LogP contribution in [0.3, 0.4) is 0 Å². The molecule has 1 aromatic carbocycles. The van der Waals surface area contributed by atoms with Gasteiger partial charge in [-0.2, -0.15) is 0 Å². The summed E-state index contributed by atoms with van der Waals surface area (Å²) < 4.78 is 1.22. The van der Waals surface area contributed by atoms with Gasteiger partial charge < -0.3 is 5.32 Å². The second-order valence-corrected chi connectivity index (χ2v) is 8.12. The van der Waals surface area contributed by atoms with Crippen molar-refractivity contribution in [3.8, 4) is 23.6 Å². The Labute approximate surface area is 160 Å². The van der Waals surface area contributed by atoms with E-state index in [9.17, 15) is 14.9 Å². The van der Waals surface area contributed by atoms with Crippen molar-refractivity contribution in [2.45, 2.75) is 8.68 Å². The van der Waals surface area contributed by atoms with Crippen molar-refractivity contribution in [3.05, 3.63) is 51.5 Å². The molecule has 7 nitrogen and oxygen atoms in total. The summed E-state index contributed by atoms with van der Waals surface area (Å²) in [6, 6.07) is 7.11. The van der Waals surface area contributed by atoms with Gasteiger partial charge in [-0.15, -0.1) is 17.8 Å². The van der Waals surface area contributed by atoms with Crippen LogP contribution in [-0.2, 0) is 0 Å². The standard InChI is InChI=1S/C16H10N4O3S3/c1-2-7-17-14(21)11-6-4-3-5-10(11)12-9-24-16(19-12)26-15-18-8-13(25-15)20(22)23/h1,3-6,8-9H,7H2,(H,17,21). The van der Waals surface area contributed by atoms with E-state index in [-0.39, 0.29) is 17.5 Å². The zero-order valence-corrected chi connectivity index (χ0v) is 15.5. The van der Waals surface area contributed by atoms with Crippen molar-refractivity contribution in [2.75, 3.05) is 6.54 Å². The average Bonchev–Trinajstić information content (AvgIpc) is 3.30. The Hall–Kier alpha value is -2.74. The van der Waals surface area contributed by atoms with Gasteiger partial charge in [0.1, 0.15) is 6.20 Å². The third-order valence-corrected chi connectivity index (χ3v) is 6.07. The van der Waals surface area contributed by atoms with E-state index in [4.69, 9.17) is 6.42 Å². The minimum atomic E-state index is -0.472. The lowest BCUT2D eigenvalue weighted by molar-refractivity contribution is -0.380. The molecule has 0 unspecified atom stereocenters. The zero-order valence-electron chi connectivity index (χ0n) is 13.0. The van der Waals surface area contributed by atoms with Crippen molar-refractivity contribution in [1.82, 2.24) is 15.3 Å². The fraction of sp³-hybridized carbons (Fsp3) is 0.0625. The van der Waals surface area contributed by atoms with Crippen LogP contribution in [0.1, 0.15) is 10.4 Å². The summed E-state index contributed by atoms with van der Waals surface area (Å²) in [6.07, 6.45) is 6.40. The van der Waals surface area contributed by atoms with Gasteiger partial charge in [-0.05, 0) is 29.2 Å². The van der Waals surface area contributed by atoms with Crippen molar-refractivity contribution in [1.29, 1.82) is 0 Å². The number of thiazole rings is 2. The second kappa shape index (κ2) is 8.09. The number of terminal acetylenes is 1. The number of nitrogens with one attached hydrogen (secondary N) is 1. The van der Waals surface area contributed by atoms with E-state index in [0.29, 0.717) is 25.5 Å². The molecule has 0 saturated heterocycles. The Morgan fingerprint density at radius 2 is 2.19 bits per heavy atom. The lowest BCUT2D eigenvalue weighted by Crippen LogP contribution is -2.24. The Morgan fingerprint density at radius 3 is 2.92 bits per heavy atom. The molecule has 0 aliphatic heterocycles. The quantitative estimate of drug-likeness (QED) is 0.384. The van der Waals surface area contributed by atoms with E-state index in [1.54, 1.807) is 12.1 Å². The Bertz CT molecular complexity index is 1010. The molecule has 2 aromatic heterocycles. The maximum atomic E-state index is 12.3. The number of rotatable bonds is 6. The second-order valence-electron chi connectivity index (χ2n) is 4.75. The highest BCUT2D eigenvalue weighted by Gasteiger charge is 2.17. The number of amides is 1. The Balaban J connectivity index is 1.82. The third-order valence-electron chi connectivity index (χ3n) is 3.11. The molecule has 0 aliphatic rings. The molecule has 2 heterocycles. The molecule has 0 atom stereocenters. The van der Waals surface area contributed by atoms with Gasteiger partial charge in [0, 0.05) is 16.5 Å². The monoisotopic (exact) mass is 402 g/mol. The minimum Gasteiger partial charge on any atom is -0.341 e. The third kappa shape index (κ3) is 4.08. The van der Waals surface area contributed by atoms with Crippen LogP contribution in [0.25, 0.3) is 11.3 Å². The van der Waals surface area contributed by atoms with E-state index < -0.39 is 4.92 Å². The topological polar surface area (TPSA) is 98.0 Å². The molecule has 0 aliphatic carbocycles. The van der Waals surface area contributed by atoms with Crippen LogP contribution in [0.2, 0.25) is 0 Å². The highest BCUT2D eigenvalue weighted by molar-refractivity contribution is 8.02. The largest absolute Gasteiger partial charge is 0.344 e. The molecule has 26 heavy (non-hydrogen) atoms. The fourth-order valence-corrected chi connectivity index (χ4v) is 4.81. The number of aromatic nitrogens is 2. The molecule has 0 spiro atoms. The molecular formula is C16H10N4O3S3. The normalized spacial score (nSPS) is 10.3. The number of hydrogen-bond donors (Lipinski definition) is 1. The number of carbonyl (C=O) groups excluding carboxylic acids is 1. The van der Waals surface area contributed by atoms with Gasteiger partial charge in [0.25, 0.3) is 5.91 Å². The summed E-state index contributed by atoms with van der Waals surface area (Å²) in [5, 5.41) is 15.2. The molecule has 1 N–H and O–H groups in total. The van der Waals surface area contributed by atoms with Crippen molar-refractivity contribution >= 4 is 45.3 Å². The predicted molar refractivity (Wildman–Crippen MR) is 102 cm³/mol. The molecule has 3 rings (SSSR count). The molecule has 0 bridgehead atoms. The highest BCUT2D eigenvalue weighted by atomic mass is 32.2. The number of nitro groups is 1. The lowest BCUT2D eigenvalue weighted by Gasteiger charge is -2.06. The van der Waals surface area contributed by atoms with Gasteiger partial charge in [0.05, 0.1) is 17.2 Å². The van der Waals surface area contributed by atoms with Crippen LogP contribution in [0.4, 0.5) is 5.00 Å². The first-order valence-corrected chi connectivity index (χ1v) is 9.64. The molecule has 0 radical (unpaired) electrons. The van der Waals surface area contributed by atoms with E-state index in [2.05, 4.69) is 21.2 Å². The maximum absolute atomic E-state index is 12.3. The lowest BCUT2D eigenvalue weighted by atomic mass is 10.0. The van der Waals surface area contributed by atoms with Gasteiger partial charge in [-0.3, -0.25) is 14.9 Å². The van der Waals surface area contributed by atoms with Crippen LogP contribution < -0.4 is 5.32 Å².